The van der Waals surface area contributed by atoms with Crippen molar-refractivity contribution >= 4 is 50.9 Å². The number of fused-ring (bicyclic) bond motifs is 6. The quantitative estimate of drug-likeness (QED) is 0.272. The van der Waals surface area contributed by atoms with Gasteiger partial charge in [-0.2, -0.15) is 0 Å². The molecule has 4 aromatic carbocycles. The lowest BCUT2D eigenvalue weighted by Gasteiger charge is -2.37. The van der Waals surface area contributed by atoms with Gasteiger partial charge in [-0.1, -0.05) is 101 Å². The van der Waals surface area contributed by atoms with E-state index in [0.29, 0.717) is 16.8 Å². The Balaban J connectivity index is 1.55. The monoisotopic (exact) mass is 588 g/mol. The van der Waals surface area contributed by atoms with Gasteiger partial charge in [-0.3, -0.25) is 14.4 Å². The van der Waals surface area contributed by atoms with Crippen molar-refractivity contribution in [2.75, 3.05) is 10.2 Å². The fourth-order valence-electron chi connectivity index (χ4n) is 6.84. The first-order valence-electron chi connectivity index (χ1n) is 13.3. The van der Waals surface area contributed by atoms with Crippen LogP contribution in [0.4, 0.5) is 11.4 Å². The van der Waals surface area contributed by atoms with Gasteiger partial charge in [0.05, 0.1) is 12.0 Å². The molecule has 3 aliphatic heterocycles. The third-order valence-electron chi connectivity index (χ3n) is 8.53. The molecule has 40 heavy (non-hydrogen) atoms. The Morgan fingerprint density at radius 3 is 2.33 bits per heavy atom. The Kier molecular flexibility index (Phi) is 5.65. The Labute approximate surface area is 240 Å². The van der Waals surface area contributed by atoms with Gasteiger partial charge in [0.15, 0.2) is 11.6 Å². The van der Waals surface area contributed by atoms with E-state index in [4.69, 9.17) is 0 Å². The average molecular weight is 589 g/mol. The lowest BCUT2D eigenvalue weighted by Crippen LogP contribution is -2.51. The molecular formula is C34H25BrN2O3. The van der Waals surface area contributed by atoms with E-state index in [-0.39, 0.29) is 17.5 Å². The molecule has 0 unspecified atom stereocenters. The Hall–Kier alpha value is -4.29. The number of para-hydroxylation sites is 1. The Morgan fingerprint density at radius 2 is 1.55 bits per heavy atom. The number of hydrogen-bond acceptors (Lipinski definition) is 4. The van der Waals surface area contributed by atoms with Crippen LogP contribution in [0.15, 0.2) is 108 Å². The highest BCUT2D eigenvalue weighted by atomic mass is 79.9. The molecule has 1 spiro atoms. The molecule has 4 atom stereocenters. The maximum Gasteiger partial charge on any atom is 0.238 e. The molecule has 0 saturated carbocycles. The molecule has 6 heteroatoms. The molecule has 5 nitrogen and oxygen atoms in total. The Bertz CT molecular complexity index is 1730. The summed E-state index contributed by atoms with van der Waals surface area (Å²) in [6.45, 7) is 2.01. The van der Waals surface area contributed by atoms with Gasteiger partial charge >= 0.3 is 0 Å². The van der Waals surface area contributed by atoms with Crippen LogP contribution >= 0.6 is 15.9 Å². The van der Waals surface area contributed by atoms with Crippen molar-refractivity contribution in [2.45, 2.75) is 24.4 Å². The van der Waals surface area contributed by atoms with Crippen molar-refractivity contribution in [1.29, 1.82) is 0 Å². The first-order chi connectivity index (χ1) is 19.4. The first kappa shape index (κ1) is 24.7. The number of amides is 1. The Morgan fingerprint density at radius 1 is 0.850 bits per heavy atom. The lowest BCUT2D eigenvalue weighted by molar-refractivity contribution is -0.121. The zero-order valence-corrected chi connectivity index (χ0v) is 23.3. The summed E-state index contributed by atoms with van der Waals surface area (Å²) in [4.78, 5) is 45.7. The van der Waals surface area contributed by atoms with Crippen LogP contribution in [0.5, 0.6) is 0 Å². The molecule has 0 bridgehead atoms. The number of aryl methyl sites for hydroxylation is 1. The van der Waals surface area contributed by atoms with Gasteiger partial charge in [0.1, 0.15) is 11.5 Å². The van der Waals surface area contributed by atoms with Crippen molar-refractivity contribution in [3.63, 3.8) is 0 Å². The van der Waals surface area contributed by atoms with Crippen LogP contribution in [0.3, 0.4) is 0 Å². The van der Waals surface area contributed by atoms with Crippen molar-refractivity contribution < 1.29 is 14.4 Å². The standard InChI is InChI=1S/C34H25BrN2O3/c1-20-11-12-21-15-18-28-34(25-9-5-6-10-26(25)36-33(34)40)29(31(38)23-13-16-24(35)17-14-23)30(37(28)27(21)19-20)32(39)22-7-3-2-4-8-22/h2-19,28-30H,1H3,(H,36,40)/t28-,29-,30+,34-/m1/s1. The van der Waals surface area contributed by atoms with E-state index >= 15 is 0 Å². The van der Waals surface area contributed by atoms with E-state index in [1.807, 2.05) is 90.7 Å². The number of nitrogens with one attached hydrogen (secondary N) is 1. The fourth-order valence-corrected chi connectivity index (χ4v) is 7.11. The van der Waals surface area contributed by atoms with Gasteiger partial charge in [0, 0.05) is 27.0 Å². The summed E-state index contributed by atoms with van der Waals surface area (Å²) in [7, 11) is 0. The van der Waals surface area contributed by atoms with Gasteiger partial charge in [0.25, 0.3) is 0 Å². The van der Waals surface area contributed by atoms with Crippen LogP contribution in [0.2, 0.25) is 0 Å². The molecule has 0 aromatic heterocycles. The molecule has 1 amide bonds. The van der Waals surface area contributed by atoms with Gasteiger partial charge in [-0.25, -0.2) is 0 Å². The van der Waals surface area contributed by atoms with Crippen LogP contribution in [0, 0.1) is 12.8 Å². The van der Waals surface area contributed by atoms with E-state index in [1.54, 1.807) is 24.3 Å². The van der Waals surface area contributed by atoms with E-state index in [0.717, 1.165) is 26.9 Å². The number of Topliss-reactive ketones (excluding diaryl/α,β-unsaturated/α-hetero) is 2. The number of nitrogens with zero attached hydrogens (tertiary/aromatic N) is 1. The number of halogens is 1. The van der Waals surface area contributed by atoms with Crippen LogP contribution in [-0.2, 0) is 10.2 Å². The number of benzene rings is 4. The van der Waals surface area contributed by atoms with E-state index in [1.165, 1.54) is 0 Å². The van der Waals surface area contributed by atoms with Crippen molar-refractivity contribution in [3.05, 3.63) is 135 Å². The van der Waals surface area contributed by atoms with Crippen LogP contribution in [-0.4, -0.2) is 29.6 Å². The summed E-state index contributed by atoms with van der Waals surface area (Å²) in [6.07, 6.45) is 4.02. The highest BCUT2D eigenvalue weighted by molar-refractivity contribution is 9.10. The van der Waals surface area contributed by atoms with Gasteiger partial charge in [-0.15, -0.1) is 0 Å². The minimum absolute atomic E-state index is 0.183. The number of anilines is 2. The van der Waals surface area contributed by atoms with Crippen LogP contribution in [0.1, 0.15) is 37.4 Å². The predicted octanol–water partition coefficient (Wildman–Crippen LogP) is 6.61. The summed E-state index contributed by atoms with van der Waals surface area (Å²) in [5.74, 6) is -1.65. The van der Waals surface area contributed by atoms with E-state index in [2.05, 4.69) is 27.3 Å². The van der Waals surface area contributed by atoms with Crippen molar-refractivity contribution in [2.24, 2.45) is 5.92 Å². The summed E-state index contributed by atoms with van der Waals surface area (Å²) in [6, 6.07) is 28.4. The molecule has 1 fully saturated rings. The maximum atomic E-state index is 14.7. The smallest absolute Gasteiger partial charge is 0.238 e. The van der Waals surface area contributed by atoms with Gasteiger partial charge < -0.3 is 10.2 Å². The molecule has 0 aliphatic carbocycles. The summed E-state index contributed by atoms with van der Waals surface area (Å²) >= 11 is 3.46. The second kappa shape index (κ2) is 9.14. The summed E-state index contributed by atoms with van der Waals surface area (Å²) in [5.41, 5.74) is 3.92. The minimum atomic E-state index is -1.31. The second-order valence-corrected chi connectivity index (χ2v) is 11.6. The van der Waals surface area contributed by atoms with Gasteiger partial charge in [0.2, 0.25) is 5.91 Å². The molecule has 4 aromatic rings. The van der Waals surface area contributed by atoms with E-state index in [9.17, 15) is 14.4 Å². The fraction of sp³-hybridized carbons (Fsp3) is 0.147. The molecule has 1 saturated heterocycles. The SMILES string of the molecule is Cc1ccc2c(c1)N1[C@H](C(=O)c3ccccc3)[C@H](C(=O)c3ccc(Br)cc3)[C@]3(C(=O)Nc4ccccc43)[C@H]1C=C2. The largest absolute Gasteiger partial charge is 0.352 e. The minimum Gasteiger partial charge on any atom is -0.352 e. The van der Waals surface area contributed by atoms with Crippen molar-refractivity contribution in [1.82, 2.24) is 0 Å². The third-order valence-corrected chi connectivity index (χ3v) is 9.06. The van der Waals surface area contributed by atoms with E-state index < -0.39 is 23.4 Å². The number of rotatable bonds is 4. The van der Waals surface area contributed by atoms with Crippen molar-refractivity contribution in [3.8, 4) is 0 Å². The lowest BCUT2D eigenvalue weighted by atomic mass is 9.64. The molecule has 196 valence electrons. The van der Waals surface area contributed by atoms with Crippen LogP contribution in [0.25, 0.3) is 6.08 Å². The number of carbonyl (C=O) groups excluding carboxylic acids is 3. The summed E-state index contributed by atoms with van der Waals surface area (Å²) < 4.78 is 0.843. The molecular weight excluding hydrogens is 564 g/mol. The second-order valence-electron chi connectivity index (χ2n) is 10.7. The highest BCUT2D eigenvalue weighted by Gasteiger charge is 2.70. The highest BCUT2D eigenvalue weighted by Crippen LogP contribution is 2.58. The summed E-state index contributed by atoms with van der Waals surface area (Å²) in [5, 5.41) is 3.07. The first-order valence-corrected chi connectivity index (χ1v) is 14.1. The topological polar surface area (TPSA) is 66.5 Å². The number of ketones is 2. The van der Waals surface area contributed by atoms with Gasteiger partial charge in [-0.05, 0) is 47.9 Å². The number of hydrogen-bond donors (Lipinski definition) is 1. The molecule has 1 N–H and O–H groups in total. The molecule has 3 aliphatic rings. The normalized spacial score (nSPS) is 23.9. The predicted molar refractivity (Wildman–Crippen MR) is 160 cm³/mol. The zero-order chi connectivity index (χ0) is 27.6. The third kappa shape index (κ3) is 3.42. The molecule has 3 heterocycles. The van der Waals surface area contributed by atoms with Crippen LogP contribution < -0.4 is 10.2 Å². The molecule has 7 rings (SSSR count). The average Bonchev–Trinajstić information content (AvgIpc) is 3.45. The zero-order valence-electron chi connectivity index (χ0n) is 21.7. The number of carbonyl (C=O) groups is 3. The maximum absolute atomic E-state index is 14.7. The molecule has 0 radical (unpaired) electrons.